The van der Waals surface area contributed by atoms with Crippen LogP contribution in [-0.4, -0.2) is 4.92 Å². The summed E-state index contributed by atoms with van der Waals surface area (Å²) < 4.78 is 13.1. The van der Waals surface area contributed by atoms with E-state index in [2.05, 4.69) is 5.32 Å². The van der Waals surface area contributed by atoms with Crippen molar-refractivity contribution in [1.82, 2.24) is 0 Å². The van der Waals surface area contributed by atoms with Crippen LogP contribution in [0.5, 0.6) is 0 Å². The first-order valence-corrected chi connectivity index (χ1v) is 6.16. The molecule has 18 heavy (non-hydrogen) atoms. The van der Waals surface area contributed by atoms with E-state index in [-0.39, 0.29) is 10.8 Å². The van der Waals surface area contributed by atoms with E-state index in [9.17, 15) is 14.5 Å². The minimum Gasteiger partial charge on any atom is -0.381 e. The third-order valence-corrected chi connectivity index (χ3v) is 3.40. The van der Waals surface area contributed by atoms with Crippen molar-refractivity contribution in [1.29, 1.82) is 0 Å². The molecule has 0 aliphatic carbocycles. The maximum Gasteiger partial charge on any atom is 0.324 e. The Morgan fingerprint density at radius 3 is 2.83 bits per heavy atom. The smallest absolute Gasteiger partial charge is 0.324 e. The first kappa shape index (κ1) is 12.5. The molecule has 1 aromatic heterocycles. The quantitative estimate of drug-likeness (QED) is 0.678. The fourth-order valence-corrected chi connectivity index (χ4v) is 2.24. The van der Waals surface area contributed by atoms with Crippen LogP contribution in [0.2, 0.25) is 0 Å². The van der Waals surface area contributed by atoms with Crippen molar-refractivity contribution in [3.8, 4) is 0 Å². The molecule has 2 aromatic rings. The van der Waals surface area contributed by atoms with Crippen LogP contribution in [-0.2, 0) is 6.54 Å². The molecule has 0 radical (unpaired) electrons. The summed E-state index contributed by atoms with van der Waals surface area (Å²) in [5.74, 6) is -0.244. The van der Waals surface area contributed by atoms with E-state index in [0.29, 0.717) is 12.1 Å². The molecule has 0 atom stereocenters. The maximum absolute atomic E-state index is 13.1. The number of benzene rings is 1. The van der Waals surface area contributed by atoms with E-state index in [1.807, 2.05) is 0 Å². The highest BCUT2D eigenvalue weighted by Gasteiger charge is 2.09. The van der Waals surface area contributed by atoms with E-state index >= 15 is 0 Å². The molecule has 94 valence electrons. The molecule has 1 N–H and O–H groups in total. The maximum atomic E-state index is 13.1. The second kappa shape index (κ2) is 5.14. The van der Waals surface area contributed by atoms with Crippen LogP contribution in [0.25, 0.3) is 0 Å². The van der Waals surface area contributed by atoms with Crippen LogP contribution in [0.3, 0.4) is 0 Å². The van der Waals surface area contributed by atoms with Gasteiger partial charge in [-0.05, 0) is 36.2 Å². The Balaban J connectivity index is 2.02. The number of rotatable bonds is 4. The van der Waals surface area contributed by atoms with Gasteiger partial charge < -0.3 is 5.32 Å². The summed E-state index contributed by atoms with van der Waals surface area (Å²) in [5, 5.41) is 15.5. The monoisotopic (exact) mass is 266 g/mol. The van der Waals surface area contributed by atoms with Crippen molar-refractivity contribution in [2.75, 3.05) is 5.32 Å². The lowest BCUT2D eigenvalue weighted by Crippen LogP contribution is -1.98. The summed E-state index contributed by atoms with van der Waals surface area (Å²) in [6.07, 6.45) is 0. The molecule has 0 unspecified atom stereocenters. The molecule has 0 saturated heterocycles. The number of hydrogen-bond donors (Lipinski definition) is 1. The zero-order chi connectivity index (χ0) is 13.1. The first-order chi connectivity index (χ1) is 8.56. The average molecular weight is 266 g/mol. The third-order valence-electron chi connectivity index (χ3n) is 2.47. The molecule has 2 rings (SSSR count). The van der Waals surface area contributed by atoms with Gasteiger partial charge in [0.05, 0.1) is 4.92 Å². The number of thiophene rings is 1. The SMILES string of the molecule is Cc1cc(NCc2csc([N+](=O)[O-])c2)ccc1F. The van der Waals surface area contributed by atoms with Gasteiger partial charge >= 0.3 is 5.00 Å². The number of anilines is 1. The summed E-state index contributed by atoms with van der Waals surface area (Å²) >= 11 is 1.10. The second-order valence-corrected chi connectivity index (χ2v) is 4.76. The van der Waals surface area contributed by atoms with Crippen LogP contribution >= 0.6 is 11.3 Å². The van der Waals surface area contributed by atoms with Crippen molar-refractivity contribution in [3.63, 3.8) is 0 Å². The highest BCUT2D eigenvalue weighted by Crippen LogP contribution is 2.23. The standard InChI is InChI=1S/C12H11FN2O2S/c1-8-4-10(2-3-11(8)13)14-6-9-5-12(15(16)17)18-7-9/h2-5,7,14H,6H2,1H3. The topological polar surface area (TPSA) is 55.2 Å². The molecule has 0 fully saturated rings. The van der Waals surface area contributed by atoms with Crippen LogP contribution in [0.4, 0.5) is 15.1 Å². The number of hydrogen-bond acceptors (Lipinski definition) is 4. The van der Waals surface area contributed by atoms with Crippen molar-refractivity contribution in [2.45, 2.75) is 13.5 Å². The Kier molecular flexibility index (Phi) is 3.57. The minimum absolute atomic E-state index is 0.127. The van der Waals surface area contributed by atoms with Crippen molar-refractivity contribution < 1.29 is 9.31 Å². The van der Waals surface area contributed by atoms with Crippen LogP contribution in [0.1, 0.15) is 11.1 Å². The van der Waals surface area contributed by atoms with E-state index in [1.165, 1.54) is 12.1 Å². The largest absolute Gasteiger partial charge is 0.381 e. The van der Waals surface area contributed by atoms with Crippen molar-refractivity contribution in [3.05, 3.63) is 56.7 Å². The number of nitrogens with one attached hydrogen (secondary N) is 1. The predicted octanol–water partition coefficient (Wildman–Crippen LogP) is 3.72. The van der Waals surface area contributed by atoms with Gasteiger partial charge in [-0.2, -0.15) is 0 Å². The second-order valence-electron chi connectivity index (χ2n) is 3.87. The van der Waals surface area contributed by atoms with Gasteiger partial charge in [0.25, 0.3) is 0 Å². The van der Waals surface area contributed by atoms with E-state index < -0.39 is 4.92 Å². The van der Waals surface area contributed by atoms with E-state index in [0.717, 1.165) is 22.6 Å². The summed E-state index contributed by atoms with van der Waals surface area (Å²) in [6, 6.07) is 6.28. The highest BCUT2D eigenvalue weighted by molar-refractivity contribution is 7.13. The Morgan fingerprint density at radius 2 is 2.22 bits per heavy atom. The van der Waals surface area contributed by atoms with Gasteiger partial charge in [-0.1, -0.05) is 11.3 Å². The first-order valence-electron chi connectivity index (χ1n) is 5.28. The number of nitrogens with zero attached hydrogens (tertiary/aromatic N) is 1. The third kappa shape index (κ3) is 2.84. The van der Waals surface area contributed by atoms with E-state index in [1.54, 1.807) is 24.4 Å². The number of halogens is 1. The molecule has 0 aliphatic heterocycles. The fourth-order valence-electron chi connectivity index (χ4n) is 1.51. The van der Waals surface area contributed by atoms with E-state index in [4.69, 9.17) is 0 Å². The summed E-state index contributed by atoms with van der Waals surface area (Å²) in [4.78, 5) is 10.1. The Bertz CT molecular complexity index is 583. The molecule has 0 saturated carbocycles. The van der Waals surface area contributed by atoms with Gasteiger partial charge in [-0.15, -0.1) is 0 Å². The molecular weight excluding hydrogens is 255 g/mol. The number of aryl methyl sites for hydroxylation is 1. The lowest BCUT2D eigenvalue weighted by Gasteiger charge is -2.06. The molecule has 1 aromatic carbocycles. The Labute approximate surface area is 107 Å². The zero-order valence-corrected chi connectivity index (χ0v) is 10.5. The van der Waals surface area contributed by atoms with Gasteiger partial charge in [0, 0.05) is 23.7 Å². The normalized spacial score (nSPS) is 10.3. The van der Waals surface area contributed by atoms with Gasteiger partial charge in [-0.3, -0.25) is 10.1 Å². The van der Waals surface area contributed by atoms with Crippen LogP contribution in [0.15, 0.2) is 29.6 Å². The van der Waals surface area contributed by atoms with Gasteiger partial charge in [0.15, 0.2) is 0 Å². The lowest BCUT2D eigenvalue weighted by molar-refractivity contribution is -0.380. The van der Waals surface area contributed by atoms with Gasteiger partial charge in [0.1, 0.15) is 5.82 Å². The minimum atomic E-state index is -0.407. The molecular formula is C12H11FN2O2S. The van der Waals surface area contributed by atoms with Gasteiger partial charge in [0.2, 0.25) is 0 Å². The molecule has 1 heterocycles. The van der Waals surface area contributed by atoms with Crippen LogP contribution in [0, 0.1) is 22.9 Å². The molecule has 0 bridgehead atoms. The molecule has 0 spiro atoms. The fraction of sp³-hybridized carbons (Fsp3) is 0.167. The van der Waals surface area contributed by atoms with Crippen molar-refractivity contribution >= 4 is 22.0 Å². The predicted molar refractivity (Wildman–Crippen MR) is 69.4 cm³/mol. The zero-order valence-electron chi connectivity index (χ0n) is 9.64. The lowest BCUT2D eigenvalue weighted by atomic mass is 10.2. The molecule has 4 nitrogen and oxygen atoms in total. The Hall–Kier alpha value is -1.95. The molecule has 0 amide bonds. The Morgan fingerprint density at radius 1 is 1.44 bits per heavy atom. The average Bonchev–Trinajstić information content (AvgIpc) is 2.79. The summed E-state index contributed by atoms with van der Waals surface area (Å²) in [5.41, 5.74) is 2.20. The molecule has 6 heteroatoms. The van der Waals surface area contributed by atoms with Gasteiger partial charge in [-0.25, -0.2) is 4.39 Å². The molecule has 0 aliphatic rings. The number of nitro groups is 1. The van der Waals surface area contributed by atoms with Crippen LogP contribution < -0.4 is 5.32 Å². The highest BCUT2D eigenvalue weighted by atomic mass is 32.1. The summed E-state index contributed by atoms with van der Waals surface area (Å²) in [7, 11) is 0. The summed E-state index contributed by atoms with van der Waals surface area (Å²) in [6.45, 7) is 2.17. The van der Waals surface area contributed by atoms with Crippen molar-refractivity contribution in [2.24, 2.45) is 0 Å².